The number of rotatable bonds is 3. The molecule has 0 heterocycles. The zero-order valence-electron chi connectivity index (χ0n) is 12.0. The maximum Gasteiger partial charge on any atom is 0.193 e. The first-order valence-corrected chi connectivity index (χ1v) is 8.43. The summed E-state index contributed by atoms with van der Waals surface area (Å²) in [6.45, 7) is 0. The van der Waals surface area contributed by atoms with Crippen molar-refractivity contribution in [2.45, 2.75) is 38.0 Å². The van der Waals surface area contributed by atoms with Crippen LogP contribution in [0.3, 0.4) is 0 Å². The minimum Gasteiger partial charge on any atom is -0.289 e. The Hall–Kier alpha value is -1.41. The normalized spacial score (nSPS) is 15.9. The van der Waals surface area contributed by atoms with Crippen LogP contribution in [-0.2, 0) is 0 Å². The van der Waals surface area contributed by atoms with Crippen LogP contribution in [0.2, 0.25) is 0 Å². The third kappa shape index (κ3) is 3.44. The van der Waals surface area contributed by atoms with Crippen LogP contribution in [0, 0.1) is 0 Å². The summed E-state index contributed by atoms with van der Waals surface area (Å²) in [4.78, 5) is 12.4. The molecular weight excluding hydrogens is 324 g/mol. The van der Waals surface area contributed by atoms with E-state index in [1.807, 2.05) is 36.4 Å². The van der Waals surface area contributed by atoms with Gasteiger partial charge in [0.2, 0.25) is 0 Å². The van der Waals surface area contributed by atoms with Crippen molar-refractivity contribution < 1.29 is 4.79 Å². The topological polar surface area (TPSA) is 17.1 Å². The van der Waals surface area contributed by atoms with E-state index in [9.17, 15) is 4.79 Å². The maximum atomic E-state index is 12.4. The van der Waals surface area contributed by atoms with Gasteiger partial charge in [-0.15, -0.1) is 0 Å². The predicted molar refractivity (Wildman–Crippen MR) is 89.8 cm³/mol. The summed E-state index contributed by atoms with van der Waals surface area (Å²) in [7, 11) is 0. The predicted octanol–water partition coefficient (Wildman–Crippen LogP) is 5.73. The van der Waals surface area contributed by atoms with Crippen molar-refractivity contribution in [2.75, 3.05) is 0 Å². The quantitative estimate of drug-likeness (QED) is 0.651. The Morgan fingerprint density at radius 3 is 1.90 bits per heavy atom. The first-order chi connectivity index (χ1) is 10.2. The third-order valence-corrected chi connectivity index (χ3v) is 4.88. The molecule has 21 heavy (non-hydrogen) atoms. The highest BCUT2D eigenvalue weighted by atomic mass is 79.9. The highest BCUT2D eigenvalue weighted by Crippen LogP contribution is 2.32. The van der Waals surface area contributed by atoms with E-state index in [4.69, 9.17) is 0 Å². The molecule has 0 saturated heterocycles. The summed E-state index contributed by atoms with van der Waals surface area (Å²) in [5.74, 6) is 0.785. The molecule has 2 heteroatoms. The van der Waals surface area contributed by atoms with Crippen molar-refractivity contribution in [3.8, 4) is 0 Å². The van der Waals surface area contributed by atoms with E-state index >= 15 is 0 Å². The molecule has 0 amide bonds. The molecule has 0 radical (unpaired) electrons. The van der Waals surface area contributed by atoms with Crippen molar-refractivity contribution in [2.24, 2.45) is 0 Å². The number of carbonyl (C=O) groups excluding carboxylic acids is 1. The van der Waals surface area contributed by atoms with Crippen molar-refractivity contribution in [1.29, 1.82) is 0 Å². The van der Waals surface area contributed by atoms with Crippen LogP contribution in [0.4, 0.5) is 0 Å². The number of benzene rings is 2. The second-order valence-corrected chi connectivity index (χ2v) is 6.71. The van der Waals surface area contributed by atoms with E-state index in [1.165, 1.54) is 37.7 Å². The highest BCUT2D eigenvalue weighted by Gasteiger charge is 2.16. The highest BCUT2D eigenvalue weighted by molar-refractivity contribution is 9.10. The third-order valence-electron chi connectivity index (χ3n) is 4.36. The van der Waals surface area contributed by atoms with Gasteiger partial charge in [0, 0.05) is 15.6 Å². The van der Waals surface area contributed by atoms with Gasteiger partial charge >= 0.3 is 0 Å². The van der Waals surface area contributed by atoms with Crippen LogP contribution >= 0.6 is 15.9 Å². The summed E-state index contributed by atoms with van der Waals surface area (Å²) in [6, 6.07) is 15.8. The number of carbonyl (C=O) groups is 1. The molecule has 108 valence electrons. The summed E-state index contributed by atoms with van der Waals surface area (Å²) in [5.41, 5.74) is 2.91. The SMILES string of the molecule is O=C(c1ccc(Br)cc1)c1ccc(C2CCCCC2)cc1. The summed E-state index contributed by atoms with van der Waals surface area (Å²) >= 11 is 3.39. The second-order valence-electron chi connectivity index (χ2n) is 5.79. The lowest BCUT2D eigenvalue weighted by molar-refractivity contribution is 0.103. The molecule has 2 aromatic carbocycles. The molecule has 1 aliphatic carbocycles. The van der Waals surface area contributed by atoms with Crippen molar-refractivity contribution in [3.05, 3.63) is 69.7 Å². The lowest BCUT2D eigenvalue weighted by atomic mass is 9.84. The zero-order chi connectivity index (χ0) is 14.7. The minimum absolute atomic E-state index is 0.0951. The van der Waals surface area contributed by atoms with Crippen LogP contribution in [0.1, 0.15) is 59.5 Å². The van der Waals surface area contributed by atoms with Gasteiger partial charge < -0.3 is 0 Å². The molecule has 1 fully saturated rings. The van der Waals surface area contributed by atoms with Crippen molar-refractivity contribution >= 4 is 21.7 Å². The smallest absolute Gasteiger partial charge is 0.193 e. The Labute approximate surface area is 134 Å². The lowest BCUT2D eigenvalue weighted by Crippen LogP contribution is -2.06. The van der Waals surface area contributed by atoms with Crippen LogP contribution < -0.4 is 0 Å². The van der Waals surface area contributed by atoms with E-state index < -0.39 is 0 Å². The molecule has 0 aromatic heterocycles. The molecule has 0 unspecified atom stereocenters. The zero-order valence-corrected chi connectivity index (χ0v) is 13.6. The molecule has 1 saturated carbocycles. The van der Waals surface area contributed by atoms with Gasteiger partial charge in [0.1, 0.15) is 0 Å². The van der Waals surface area contributed by atoms with Crippen molar-refractivity contribution in [3.63, 3.8) is 0 Å². The monoisotopic (exact) mass is 342 g/mol. The van der Waals surface area contributed by atoms with Crippen LogP contribution in [-0.4, -0.2) is 5.78 Å². The van der Waals surface area contributed by atoms with Gasteiger partial charge in [-0.05, 0) is 48.6 Å². The van der Waals surface area contributed by atoms with Gasteiger partial charge in [-0.3, -0.25) is 4.79 Å². The number of hydrogen-bond donors (Lipinski definition) is 0. The molecular formula is C19H19BrO. The first-order valence-electron chi connectivity index (χ1n) is 7.64. The minimum atomic E-state index is 0.0951. The Morgan fingerprint density at radius 2 is 1.33 bits per heavy atom. The summed E-state index contributed by atoms with van der Waals surface area (Å²) in [5, 5.41) is 0. The molecule has 1 nitrogen and oxygen atoms in total. The molecule has 0 spiro atoms. The van der Waals surface area contributed by atoms with Gasteiger partial charge in [-0.25, -0.2) is 0 Å². The maximum absolute atomic E-state index is 12.4. The molecule has 3 rings (SSSR count). The summed E-state index contributed by atoms with van der Waals surface area (Å²) in [6.07, 6.45) is 6.63. The molecule has 2 aromatic rings. The molecule has 1 aliphatic rings. The van der Waals surface area contributed by atoms with Gasteiger partial charge in [0.05, 0.1) is 0 Å². The van der Waals surface area contributed by atoms with E-state index in [1.54, 1.807) is 0 Å². The van der Waals surface area contributed by atoms with E-state index in [2.05, 4.69) is 28.1 Å². The van der Waals surface area contributed by atoms with Crippen molar-refractivity contribution in [1.82, 2.24) is 0 Å². The fraction of sp³-hybridized carbons (Fsp3) is 0.316. The fourth-order valence-corrected chi connectivity index (χ4v) is 3.37. The van der Waals surface area contributed by atoms with Gasteiger partial charge in [0.25, 0.3) is 0 Å². The van der Waals surface area contributed by atoms with Crippen LogP contribution in [0.25, 0.3) is 0 Å². The Bertz CT molecular complexity index is 607. The lowest BCUT2D eigenvalue weighted by Gasteiger charge is -2.22. The van der Waals surface area contributed by atoms with Gasteiger partial charge in [0.15, 0.2) is 5.78 Å². The van der Waals surface area contributed by atoms with E-state index in [0.717, 1.165) is 15.6 Å². The van der Waals surface area contributed by atoms with Gasteiger partial charge in [-0.2, -0.15) is 0 Å². The molecule has 0 atom stereocenters. The average molecular weight is 343 g/mol. The first kappa shape index (κ1) is 14.5. The molecule has 0 bridgehead atoms. The average Bonchev–Trinajstić information content (AvgIpc) is 2.56. The Kier molecular flexibility index (Phi) is 4.54. The van der Waals surface area contributed by atoms with Crippen LogP contribution in [0.5, 0.6) is 0 Å². The van der Waals surface area contributed by atoms with E-state index in [-0.39, 0.29) is 5.78 Å². The number of hydrogen-bond acceptors (Lipinski definition) is 1. The largest absolute Gasteiger partial charge is 0.289 e. The van der Waals surface area contributed by atoms with Crippen LogP contribution in [0.15, 0.2) is 53.0 Å². The van der Waals surface area contributed by atoms with E-state index in [0.29, 0.717) is 5.92 Å². The second kappa shape index (κ2) is 6.57. The van der Waals surface area contributed by atoms with Gasteiger partial charge in [-0.1, -0.05) is 59.5 Å². The Balaban J connectivity index is 1.77. The number of halogens is 1. The Morgan fingerprint density at radius 1 is 0.810 bits per heavy atom. The standard InChI is InChI=1S/C19H19BrO/c20-18-12-10-17(11-13-18)19(21)16-8-6-15(7-9-16)14-4-2-1-3-5-14/h6-14H,1-5H2. The molecule has 0 aliphatic heterocycles. The number of ketones is 1. The fourth-order valence-electron chi connectivity index (χ4n) is 3.11. The summed E-state index contributed by atoms with van der Waals surface area (Å²) < 4.78 is 0.992. The molecule has 0 N–H and O–H groups in total.